The van der Waals surface area contributed by atoms with E-state index in [1.54, 1.807) is 12.1 Å². The van der Waals surface area contributed by atoms with Crippen molar-refractivity contribution in [3.05, 3.63) is 48.3 Å². The normalized spacial score (nSPS) is 16.5. The van der Waals surface area contributed by atoms with Gasteiger partial charge >= 0.3 is 0 Å². The lowest BCUT2D eigenvalue weighted by Crippen LogP contribution is -2.40. The molecule has 7 nitrogen and oxygen atoms in total. The molecule has 1 aromatic heterocycles. The molecule has 3 aromatic rings. The van der Waals surface area contributed by atoms with Crippen molar-refractivity contribution in [2.45, 2.75) is 23.8 Å². The number of carbonyl (C=O) groups is 1. The monoisotopic (exact) mass is 464 g/mol. The first kappa shape index (κ1) is 21.7. The second kappa shape index (κ2) is 8.89. The van der Waals surface area contributed by atoms with Crippen LogP contribution in [0.3, 0.4) is 0 Å². The molecule has 0 radical (unpaired) electrons. The number of anilines is 1. The molecule has 0 spiro atoms. The predicted octanol–water partition coefficient (Wildman–Crippen LogP) is 3.43. The molecule has 0 bridgehead atoms. The Morgan fingerprint density at radius 1 is 1.29 bits per heavy atom. The summed E-state index contributed by atoms with van der Waals surface area (Å²) in [5.41, 5.74) is 0.158. The van der Waals surface area contributed by atoms with Crippen LogP contribution in [0, 0.1) is 5.82 Å². The Bertz CT molecular complexity index is 1190. The van der Waals surface area contributed by atoms with Gasteiger partial charge in [0.25, 0.3) is 0 Å². The quantitative estimate of drug-likeness (QED) is 0.533. The molecule has 10 heteroatoms. The molecule has 1 saturated heterocycles. The Hall–Kier alpha value is -2.56. The molecule has 1 fully saturated rings. The molecule has 31 heavy (non-hydrogen) atoms. The van der Waals surface area contributed by atoms with E-state index in [-0.39, 0.29) is 28.2 Å². The number of methoxy groups -OCH3 is 1. The molecular weight excluding hydrogens is 443 g/mol. The number of benzene rings is 2. The summed E-state index contributed by atoms with van der Waals surface area (Å²) in [7, 11) is -2.41. The van der Waals surface area contributed by atoms with Crippen LogP contribution in [-0.2, 0) is 19.4 Å². The van der Waals surface area contributed by atoms with Crippen LogP contribution < -0.4 is 9.64 Å². The molecule has 2 aromatic carbocycles. The van der Waals surface area contributed by atoms with Crippen molar-refractivity contribution in [1.29, 1.82) is 0 Å². The van der Waals surface area contributed by atoms with Crippen LogP contribution >= 0.6 is 11.3 Å². The van der Waals surface area contributed by atoms with Crippen LogP contribution in [0.25, 0.3) is 10.2 Å². The number of hydrogen-bond donors (Lipinski definition) is 0. The maximum absolute atomic E-state index is 14.1. The Balaban J connectivity index is 1.63. The van der Waals surface area contributed by atoms with Crippen LogP contribution in [-0.4, -0.2) is 51.4 Å². The van der Waals surface area contributed by atoms with Crippen LogP contribution in [0.1, 0.15) is 12.8 Å². The van der Waals surface area contributed by atoms with E-state index >= 15 is 0 Å². The second-order valence-electron chi connectivity index (χ2n) is 7.16. The first-order chi connectivity index (χ1) is 14.9. The molecule has 4 rings (SSSR count). The minimum Gasteiger partial charge on any atom is -0.497 e. The maximum Gasteiger partial charge on any atom is 0.244 e. The number of nitrogens with zero attached hydrogens (tertiary/aromatic N) is 2. The Morgan fingerprint density at radius 3 is 2.71 bits per heavy atom. The highest BCUT2D eigenvalue weighted by atomic mass is 32.2. The molecule has 2 heterocycles. The lowest BCUT2D eigenvalue weighted by atomic mass is 10.2. The van der Waals surface area contributed by atoms with E-state index in [0.29, 0.717) is 17.1 Å². The molecular formula is C21H21FN2O5S2. The topological polar surface area (TPSA) is 85.8 Å². The van der Waals surface area contributed by atoms with E-state index < -0.39 is 27.3 Å². The lowest BCUT2D eigenvalue weighted by Gasteiger charge is -2.23. The highest BCUT2D eigenvalue weighted by Gasteiger charge is 2.30. The van der Waals surface area contributed by atoms with Gasteiger partial charge in [-0.3, -0.25) is 9.69 Å². The smallest absolute Gasteiger partial charge is 0.244 e. The van der Waals surface area contributed by atoms with Gasteiger partial charge in [0.1, 0.15) is 22.8 Å². The highest BCUT2D eigenvalue weighted by Crippen LogP contribution is 2.31. The number of para-hydroxylation sites is 1. The van der Waals surface area contributed by atoms with Crippen molar-refractivity contribution < 1.29 is 27.1 Å². The van der Waals surface area contributed by atoms with Gasteiger partial charge in [0, 0.05) is 6.61 Å². The standard InChI is InChI=1S/C21H21FN2O5S2/c1-28-14-7-9-16(10-8-14)31(26,27)13-19(25)24(12-15-4-3-11-29-15)21-23-20-17(22)5-2-6-18(20)30-21/h2,5-10,15H,3-4,11-13H2,1H3. The fraction of sp³-hybridized carbons (Fsp3) is 0.333. The van der Waals surface area contributed by atoms with Gasteiger partial charge in [0.15, 0.2) is 15.0 Å². The number of carbonyl (C=O) groups excluding carboxylic acids is 1. The van der Waals surface area contributed by atoms with Crippen LogP contribution in [0.4, 0.5) is 9.52 Å². The Morgan fingerprint density at radius 2 is 2.06 bits per heavy atom. The predicted molar refractivity (Wildman–Crippen MR) is 116 cm³/mol. The Kier molecular flexibility index (Phi) is 6.22. The fourth-order valence-corrected chi connectivity index (χ4v) is 5.61. The van der Waals surface area contributed by atoms with Crippen LogP contribution in [0.15, 0.2) is 47.4 Å². The highest BCUT2D eigenvalue weighted by molar-refractivity contribution is 7.92. The lowest BCUT2D eigenvalue weighted by molar-refractivity contribution is -0.116. The summed E-state index contributed by atoms with van der Waals surface area (Å²) in [4.78, 5) is 18.8. The third-order valence-corrected chi connectivity index (χ3v) is 7.69. The third kappa shape index (κ3) is 4.70. The van der Waals surface area contributed by atoms with Gasteiger partial charge in [-0.05, 0) is 49.2 Å². The first-order valence-corrected chi connectivity index (χ1v) is 12.2. The van der Waals surface area contributed by atoms with Crippen molar-refractivity contribution in [3.8, 4) is 5.75 Å². The largest absolute Gasteiger partial charge is 0.497 e. The van der Waals surface area contributed by atoms with E-state index in [2.05, 4.69) is 4.98 Å². The molecule has 1 aliphatic rings. The maximum atomic E-state index is 14.1. The average molecular weight is 465 g/mol. The molecule has 1 amide bonds. The van der Waals surface area contributed by atoms with Gasteiger partial charge in [-0.15, -0.1) is 0 Å². The minimum atomic E-state index is -3.89. The number of hydrogen-bond acceptors (Lipinski definition) is 7. The molecule has 0 aliphatic carbocycles. The summed E-state index contributed by atoms with van der Waals surface area (Å²) < 4.78 is 51.1. The number of sulfone groups is 1. The summed E-state index contributed by atoms with van der Waals surface area (Å²) in [5, 5.41) is 0.255. The van der Waals surface area contributed by atoms with Crippen LogP contribution in [0.2, 0.25) is 0 Å². The van der Waals surface area contributed by atoms with Crippen molar-refractivity contribution in [1.82, 2.24) is 4.98 Å². The zero-order chi connectivity index (χ0) is 22.0. The molecule has 1 unspecified atom stereocenters. The summed E-state index contributed by atoms with van der Waals surface area (Å²) in [6, 6.07) is 10.4. The number of aromatic nitrogens is 1. The van der Waals surface area contributed by atoms with Gasteiger partial charge in [-0.25, -0.2) is 17.8 Å². The summed E-state index contributed by atoms with van der Waals surface area (Å²) >= 11 is 1.15. The van der Waals surface area contributed by atoms with Crippen molar-refractivity contribution in [2.75, 3.05) is 30.9 Å². The number of thiazole rings is 1. The van der Waals surface area contributed by atoms with Gasteiger partial charge < -0.3 is 9.47 Å². The van der Waals surface area contributed by atoms with E-state index in [1.807, 2.05) is 0 Å². The number of halogens is 1. The van der Waals surface area contributed by atoms with Gasteiger partial charge in [-0.1, -0.05) is 17.4 Å². The summed E-state index contributed by atoms with van der Waals surface area (Å²) in [6.07, 6.45) is 1.41. The molecule has 0 saturated carbocycles. The zero-order valence-electron chi connectivity index (χ0n) is 16.8. The van der Waals surface area contributed by atoms with Gasteiger partial charge in [0.2, 0.25) is 5.91 Å². The van der Waals surface area contributed by atoms with Gasteiger partial charge in [-0.2, -0.15) is 0 Å². The van der Waals surface area contributed by atoms with Crippen molar-refractivity contribution in [3.63, 3.8) is 0 Å². The summed E-state index contributed by atoms with van der Waals surface area (Å²) in [5.74, 6) is -1.34. The van der Waals surface area contributed by atoms with Gasteiger partial charge in [0.05, 0.1) is 29.4 Å². The molecule has 0 N–H and O–H groups in total. The number of rotatable bonds is 7. The second-order valence-corrected chi connectivity index (χ2v) is 10.2. The average Bonchev–Trinajstić information content (AvgIpc) is 3.42. The molecule has 164 valence electrons. The number of fused-ring (bicyclic) bond motifs is 1. The number of amides is 1. The fourth-order valence-electron chi connectivity index (χ4n) is 3.40. The number of ether oxygens (including phenoxy) is 2. The first-order valence-electron chi connectivity index (χ1n) is 9.71. The van der Waals surface area contributed by atoms with E-state index in [0.717, 1.165) is 24.2 Å². The molecule has 1 atom stereocenters. The van der Waals surface area contributed by atoms with Crippen LogP contribution in [0.5, 0.6) is 5.75 Å². The van der Waals surface area contributed by atoms with Crippen molar-refractivity contribution >= 4 is 42.4 Å². The van der Waals surface area contributed by atoms with E-state index in [4.69, 9.17) is 9.47 Å². The minimum absolute atomic E-state index is 0.0223. The Labute approximate surface area is 183 Å². The third-order valence-electron chi connectivity index (χ3n) is 5.03. The van der Waals surface area contributed by atoms with E-state index in [9.17, 15) is 17.6 Å². The summed E-state index contributed by atoms with van der Waals surface area (Å²) in [6.45, 7) is 0.754. The van der Waals surface area contributed by atoms with Crippen molar-refractivity contribution in [2.24, 2.45) is 0 Å². The SMILES string of the molecule is COc1ccc(S(=O)(=O)CC(=O)N(CC2CCCO2)c2nc3c(F)cccc3s2)cc1. The van der Waals surface area contributed by atoms with E-state index in [1.165, 1.54) is 42.3 Å². The molecule has 1 aliphatic heterocycles. The zero-order valence-corrected chi connectivity index (χ0v) is 18.4.